The van der Waals surface area contributed by atoms with Gasteiger partial charge in [-0.3, -0.25) is 0 Å². The minimum Gasteiger partial charge on any atom is -0.333 e. The summed E-state index contributed by atoms with van der Waals surface area (Å²) >= 11 is 0. The lowest BCUT2D eigenvalue weighted by molar-refractivity contribution is 0.200. The third kappa shape index (κ3) is 4.12. The lowest BCUT2D eigenvalue weighted by Crippen LogP contribution is -2.50. The van der Waals surface area contributed by atoms with Crippen molar-refractivity contribution in [3.63, 3.8) is 0 Å². The Balaban J connectivity index is 4.18. The predicted molar refractivity (Wildman–Crippen MR) is 54.6 cm³/mol. The molecule has 0 heterocycles. The van der Waals surface area contributed by atoms with E-state index >= 15 is 0 Å². The SMILES string of the molecule is CCC(C)(CCN)NC(=O)N(C)C. The van der Waals surface area contributed by atoms with Crippen LogP contribution in [-0.4, -0.2) is 37.1 Å². The Hall–Kier alpha value is -0.770. The maximum Gasteiger partial charge on any atom is 0.317 e. The molecule has 0 aromatic rings. The van der Waals surface area contributed by atoms with Gasteiger partial charge in [0.2, 0.25) is 0 Å². The van der Waals surface area contributed by atoms with Crippen molar-refractivity contribution in [2.45, 2.75) is 32.2 Å². The Morgan fingerprint density at radius 3 is 2.38 bits per heavy atom. The summed E-state index contributed by atoms with van der Waals surface area (Å²) in [5.74, 6) is 0. The van der Waals surface area contributed by atoms with Crippen LogP contribution in [0.25, 0.3) is 0 Å². The molecule has 0 spiro atoms. The highest BCUT2D eigenvalue weighted by molar-refractivity contribution is 5.74. The number of nitrogens with zero attached hydrogens (tertiary/aromatic N) is 1. The summed E-state index contributed by atoms with van der Waals surface area (Å²) in [6, 6.07) is -0.0576. The molecule has 0 aromatic carbocycles. The van der Waals surface area contributed by atoms with Crippen molar-refractivity contribution in [2.24, 2.45) is 5.73 Å². The quantitative estimate of drug-likeness (QED) is 0.683. The number of urea groups is 1. The van der Waals surface area contributed by atoms with Gasteiger partial charge in [0.05, 0.1) is 0 Å². The first-order valence-electron chi connectivity index (χ1n) is 4.64. The number of hydrogen-bond acceptors (Lipinski definition) is 2. The Kier molecular flexibility index (Phi) is 4.77. The van der Waals surface area contributed by atoms with E-state index in [1.165, 1.54) is 4.90 Å². The summed E-state index contributed by atoms with van der Waals surface area (Å²) in [5.41, 5.74) is 5.31. The Labute approximate surface area is 80.5 Å². The van der Waals surface area contributed by atoms with Crippen LogP contribution in [0.1, 0.15) is 26.7 Å². The van der Waals surface area contributed by atoms with Gasteiger partial charge in [0.1, 0.15) is 0 Å². The molecule has 0 bridgehead atoms. The van der Waals surface area contributed by atoms with Crippen molar-refractivity contribution in [3.05, 3.63) is 0 Å². The minimum atomic E-state index is -0.171. The van der Waals surface area contributed by atoms with Crippen molar-refractivity contribution in [1.29, 1.82) is 0 Å². The van der Waals surface area contributed by atoms with Crippen LogP contribution in [0, 0.1) is 0 Å². The number of amides is 2. The molecule has 0 rings (SSSR count). The number of carbonyl (C=O) groups is 1. The molecule has 0 saturated heterocycles. The Morgan fingerprint density at radius 2 is 2.08 bits per heavy atom. The van der Waals surface area contributed by atoms with E-state index in [1.807, 2.05) is 13.8 Å². The van der Waals surface area contributed by atoms with Gasteiger partial charge >= 0.3 is 6.03 Å². The molecule has 78 valence electrons. The van der Waals surface area contributed by atoms with Gasteiger partial charge in [0.25, 0.3) is 0 Å². The van der Waals surface area contributed by atoms with Crippen molar-refractivity contribution in [2.75, 3.05) is 20.6 Å². The smallest absolute Gasteiger partial charge is 0.317 e. The zero-order valence-electron chi connectivity index (χ0n) is 9.05. The average molecular weight is 187 g/mol. The van der Waals surface area contributed by atoms with Crippen LogP contribution < -0.4 is 11.1 Å². The predicted octanol–water partition coefficient (Wildman–Crippen LogP) is 0.775. The van der Waals surface area contributed by atoms with Gasteiger partial charge in [-0.15, -0.1) is 0 Å². The molecule has 13 heavy (non-hydrogen) atoms. The fourth-order valence-corrected chi connectivity index (χ4v) is 1.02. The summed E-state index contributed by atoms with van der Waals surface area (Å²) in [4.78, 5) is 12.9. The molecule has 1 atom stereocenters. The summed E-state index contributed by atoms with van der Waals surface area (Å²) < 4.78 is 0. The average Bonchev–Trinajstić information content (AvgIpc) is 2.04. The standard InChI is InChI=1S/C9H21N3O/c1-5-9(2,6-7-10)11-8(13)12(3)4/h5-7,10H2,1-4H3,(H,11,13). The fourth-order valence-electron chi connectivity index (χ4n) is 1.02. The van der Waals surface area contributed by atoms with E-state index in [0.29, 0.717) is 6.54 Å². The molecule has 4 heteroatoms. The molecule has 0 aliphatic heterocycles. The minimum absolute atomic E-state index is 0.0576. The van der Waals surface area contributed by atoms with Crippen LogP contribution in [0.5, 0.6) is 0 Å². The number of carbonyl (C=O) groups excluding carboxylic acids is 1. The lowest BCUT2D eigenvalue weighted by Gasteiger charge is -2.30. The highest BCUT2D eigenvalue weighted by atomic mass is 16.2. The molecule has 0 aliphatic carbocycles. The molecular weight excluding hydrogens is 166 g/mol. The van der Waals surface area contributed by atoms with Gasteiger partial charge in [-0.05, 0) is 26.3 Å². The van der Waals surface area contributed by atoms with Gasteiger partial charge in [-0.25, -0.2) is 4.79 Å². The van der Waals surface area contributed by atoms with Crippen LogP contribution in [-0.2, 0) is 0 Å². The highest BCUT2D eigenvalue weighted by Crippen LogP contribution is 2.13. The second-order valence-corrected chi connectivity index (χ2v) is 3.78. The van der Waals surface area contributed by atoms with E-state index in [2.05, 4.69) is 5.32 Å². The topological polar surface area (TPSA) is 58.4 Å². The summed E-state index contributed by atoms with van der Waals surface area (Å²) in [7, 11) is 3.46. The molecule has 2 amide bonds. The first kappa shape index (κ1) is 12.2. The number of rotatable bonds is 4. The van der Waals surface area contributed by atoms with E-state index in [4.69, 9.17) is 5.73 Å². The monoisotopic (exact) mass is 187 g/mol. The third-order valence-electron chi connectivity index (χ3n) is 2.29. The summed E-state index contributed by atoms with van der Waals surface area (Å²) in [6.07, 6.45) is 1.70. The summed E-state index contributed by atoms with van der Waals surface area (Å²) in [5, 5.41) is 2.95. The van der Waals surface area contributed by atoms with Crippen LogP contribution in [0.3, 0.4) is 0 Å². The van der Waals surface area contributed by atoms with E-state index in [1.54, 1.807) is 14.1 Å². The maximum atomic E-state index is 11.4. The van der Waals surface area contributed by atoms with Gasteiger partial charge in [0, 0.05) is 19.6 Å². The van der Waals surface area contributed by atoms with E-state index in [9.17, 15) is 4.79 Å². The van der Waals surface area contributed by atoms with Crippen molar-refractivity contribution in [3.8, 4) is 0 Å². The molecule has 0 aliphatic rings. The highest BCUT2D eigenvalue weighted by Gasteiger charge is 2.23. The van der Waals surface area contributed by atoms with E-state index in [-0.39, 0.29) is 11.6 Å². The largest absolute Gasteiger partial charge is 0.333 e. The van der Waals surface area contributed by atoms with Crippen molar-refractivity contribution < 1.29 is 4.79 Å². The number of nitrogens with one attached hydrogen (secondary N) is 1. The maximum absolute atomic E-state index is 11.4. The normalized spacial score (nSPS) is 14.8. The van der Waals surface area contributed by atoms with Crippen LogP contribution in [0.2, 0.25) is 0 Å². The molecule has 1 unspecified atom stereocenters. The molecule has 0 fully saturated rings. The van der Waals surface area contributed by atoms with Gasteiger partial charge in [-0.2, -0.15) is 0 Å². The van der Waals surface area contributed by atoms with E-state index in [0.717, 1.165) is 12.8 Å². The zero-order chi connectivity index (χ0) is 10.5. The van der Waals surface area contributed by atoms with Gasteiger partial charge < -0.3 is 16.0 Å². The van der Waals surface area contributed by atoms with Crippen LogP contribution in [0.15, 0.2) is 0 Å². The van der Waals surface area contributed by atoms with Crippen molar-refractivity contribution in [1.82, 2.24) is 10.2 Å². The number of nitrogens with two attached hydrogens (primary N) is 1. The lowest BCUT2D eigenvalue weighted by atomic mass is 9.95. The molecule has 3 N–H and O–H groups in total. The second-order valence-electron chi connectivity index (χ2n) is 3.78. The molecule has 0 saturated carbocycles. The van der Waals surface area contributed by atoms with Crippen LogP contribution in [0.4, 0.5) is 4.79 Å². The molecule has 4 nitrogen and oxygen atoms in total. The summed E-state index contributed by atoms with van der Waals surface area (Å²) in [6.45, 7) is 4.66. The second kappa shape index (κ2) is 5.07. The zero-order valence-corrected chi connectivity index (χ0v) is 9.05. The fraction of sp³-hybridized carbons (Fsp3) is 0.889. The van der Waals surface area contributed by atoms with Crippen LogP contribution >= 0.6 is 0 Å². The van der Waals surface area contributed by atoms with Gasteiger partial charge in [-0.1, -0.05) is 6.92 Å². The third-order valence-corrected chi connectivity index (χ3v) is 2.29. The molecule has 0 aromatic heterocycles. The molecule has 0 radical (unpaired) electrons. The van der Waals surface area contributed by atoms with E-state index < -0.39 is 0 Å². The first-order chi connectivity index (χ1) is 5.95. The molecular formula is C9H21N3O. The van der Waals surface area contributed by atoms with Crippen molar-refractivity contribution >= 4 is 6.03 Å². The Morgan fingerprint density at radius 1 is 1.54 bits per heavy atom. The Bertz CT molecular complexity index is 170. The van der Waals surface area contributed by atoms with Gasteiger partial charge in [0.15, 0.2) is 0 Å². The first-order valence-corrected chi connectivity index (χ1v) is 4.64. The number of hydrogen-bond donors (Lipinski definition) is 2.